The van der Waals surface area contributed by atoms with Crippen molar-refractivity contribution in [2.75, 3.05) is 7.05 Å². The van der Waals surface area contributed by atoms with E-state index in [0.29, 0.717) is 6.04 Å². The number of hydrogen-bond donors (Lipinski definition) is 1. The van der Waals surface area contributed by atoms with Gasteiger partial charge in [0.2, 0.25) is 0 Å². The number of nitrogens with one attached hydrogen (secondary N) is 1. The summed E-state index contributed by atoms with van der Waals surface area (Å²) >= 11 is 1.70. The fraction of sp³-hybridized carbons (Fsp3) is 0.500. The summed E-state index contributed by atoms with van der Waals surface area (Å²) in [6.45, 7) is 4.52. The first-order chi connectivity index (χ1) is 9.10. The largest absolute Gasteiger partial charge is 0.312 e. The number of fused-ring (bicyclic) bond motifs is 1. The molecule has 1 nitrogen and oxygen atoms in total. The van der Waals surface area contributed by atoms with Crippen LogP contribution in [0.4, 0.5) is 4.39 Å². The van der Waals surface area contributed by atoms with Crippen molar-refractivity contribution in [1.29, 1.82) is 0 Å². The SMILES string of the molecule is CNC(CCCC(C)C)c1cc2ccc(F)cc2s1. The third kappa shape index (κ3) is 3.77. The van der Waals surface area contributed by atoms with Crippen molar-refractivity contribution < 1.29 is 4.39 Å². The van der Waals surface area contributed by atoms with Gasteiger partial charge in [-0.2, -0.15) is 0 Å². The minimum absolute atomic E-state index is 0.151. The fourth-order valence-electron chi connectivity index (χ4n) is 2.36. The zero-order chi connectivity index (χ0) is 13.8. The molecule has 19 heavy (non-hydrogen) atoms. The van der Waals surface area contributed by atoms with E-state index in [4.69, 9.17) is 0 Å². The molecule has 0 fully saturated rings. The number of halogens is 1. The molecule has 1 heterocycles. The monoisotopic (exact) mass is 279 g/mol. The molecule has 1 unspecified atom stereocenters. The van der Waals surface area contributed by atoms with Crippen molar-refractivity contribution in [2.24, 2.45) is 5.92 Å². The number of hydrogen-bond acceptors (Lipinski definition) is 2. The maximum absolute atomic E-state index is 13.2. The van der Waals surface area contributed by atoms with Gasteiger partial charge in [-0.1, -0.05) is 32.8 Å². The Labute approximate surface area is 118 Å². The molecular weight excluding hydrogens is 257 g/mol. The molecule has 0 saturated carbocycles. The Bertz CT molecular complexity index is 533. The van der Waals surface area contributed by atoms with Gasteiger partial charge in [-0.3, -0.25) is 0 Å². The van der Waals surface area contributed by atoms with Crippen LogP contribution < -0.4 is 5.32 Å². The molecule has 0 saturated heterocycles. The lowest BCUT2D eigenvalue weighted by atomic mass is 10.0. The molecule has 1 aromatic heterocycles. The summed E-state index contributed by atoms with van der Waals surface area (Å²) in [5, 5.41) is 4.53. The lowest BCUT2D eigenvalue weighted by molar-refractivity contribution is 0.475. The van der Waals surface area contributed by atoms with Gasteiger partial charge in [-0.05, 0) is 43.0 Å². The van der Waals surface area contributed by atoms with E-state index < -0.39 is 0 Å². The molecule has 1 atom stereocenters. The Morgan fingerprint density at radius 1 is 1.21 bits per heavy atom. The molecule has 0 aliphatic heterocycles. The van der Waals surface area contributed by atoms with Crippen molar-refractivity contribution >= 4 is 21.4 Å². The highest BCUT2D eigenvalue weighted by molar-refractivity contribution is 7.19. The van der Waals surface area contributed by atoms with E-state index >= 15 is 0 Å². The quantitative estimate of drug-likeness (QED) is 0.773. The van der Waals surface area contributed by atoms with Crippen molar-refractivity contribution in [3.05, 3.63) is 35.0 Å². The summed E-state index contributed by atoms with van der Waals surface area (Å²) in [5.41, 5.74) is 0. The summed E-state index contributed by atoms with van der Waals surface area (Å²) in [5.74, 6) is 0.607. The molecule has 2 rings (SSSR count). The first-order valence-electron chi connectivity index (χ1n) is 6.96. The van der Waals surface area contributed by atoms with Crippen molar-refractivity contribution in [3.63, 3.8) is 0 Å². The van der Waals surface area contributed by atoms with Crippen LogP contribution in [0.15, 0.2) is 24.3 Å². The van der Waals surface area contributed by atoms with Crippen LogP contribution in [0, 0.1) is 11.7 Å². The highest BCUT2D eigenvalue weighted by Crippen LogP contribution is 2.32. The standard InChI is InChI=1S/C16H22FNS/c1-11(2)5-4-6-14(18-3)16-9-12-7-8-13(17)10-15(12)19-16/h7-11,14,18H,4-6H2,1-3H3. The van der Waals surface area contributed by atoms with Gasteiger partial charge in [0.25, 0.3) is 0 Å². The van der Waals surface area contributed by atoms with Gasteiger partial charge in [0.05, 0.1) is 0 Å². The second-order valence-corrected chi connectivity index (χ2v) is 6.61. The zero-order valence-electron chi connectivity index (χ0n) is 11.9. The van der Waals surface area contributed by atoms with Crippen LogP contribution in [0.25, 0.3) is 10.1 Å². The Morgan fingerprint density at radius 3 is 2.68 bits per heavy atom. The first-order valence-corrected chi connectivity index (χ1v) is 7.78. The maximum Gasteiger partial charge on any atom is 0.124 e. The van der Waals surface area contributed by atoms with E-state index in [-0.39, 0.29) is 5.82 Å². The molecule has 0 aliphatic carbocycles. The second-order valence-electron chi connectivity index (χ2n) is 5.50. The van der Waals surface area contributed by atoms with Crippen LogP contribution in [0.1, 0.15) is 44.0 Å². The van der Waals surface area contributed by atoms with Gasteiger partial charge in [-0.15, -0.1) is 11.3 Å². The molecule has 1 aromatic carbocycles. The zero-order valence-corrected chi connectivity index (χ0v) is 12.7. The van der Waals surface area contributed by atoms with E-state index in [0.717, 1.165) is 22.4 Å². The van der Waals surface area contributed by atoms with Crippen molar-refractivity contribution in [1.82, 2.24) is 5.32 Å². The smallest absolute Gasteiger partial charge is 0.124 e. The van der Waals surface area contributed by atoms with Gasteiger partial charge in [0.1, 0.15) is 5.82 Å². The Morgan fingerprint density at radius 2 is 2.00 bits per heavy atom. The minimum Gasteiger partial charge on any atom is -0.312 e. The van der Waals surface area contributed by atoms with E-state index in [2.05, 4.69) is 25.2 Å². The van der Waals surface area contributed by atoms with Crippen LogP contribution in [0.2, 0.25) is 0 Å². The van der Waals surface area contributed by atoms with Crippen LogP contribution in [-0.2, 0) is 0 Å². The third-order valence-electron chi connectivity index (χ3n) is 3.47. The van der Waals surface area contributed by atoms with Gasteiger partial charge >= 0.3 is 0 Å². The molecule has 1 N–H and O–H groups in total. The highest BCUT2D eigenvalue weighted by Gasteiger charge is 2.13. The van der Waals surface area contributed by atoms with Crippen LogP contribution in [0.3, 0.4) is 0 Å². The van der Waals surface area contributed by atoms with Crippen LogP contribution in [-0.4, -0.2) is 7.05 Å². The molecule has 104 valence electrons. The van der Waals surface area contributed by atoms with E-state index in [1.54, 1.807) is 17.4 Å². The second kappa shape index (κ2) is 6.49. The summed E-state index contributed by atoms with van der Waals surface area (Å²) < 4.78 is 14.3. The van der Waals surface area contributed by atoms with Crippen LogP contribution in [0.5, 0.6) is 0 Å². The van der Waals surface area contributed by atoms with Crippen molar-refractivity contribution in [3.8, 4) is 0 Å². The van der Waals surface area contributed by atoms with Gasteiger partial charge in [0, 0.05) is 15.6 Å². The molecule has 0 bridgehead atoms. The molecule has 0 aliphatic rings. The topological polar surface area (TPSA) is 12.0 Å². The van der Waals surface area contributed by atoms with Crippen LogP contribution >= 0.6 is 11.3 Å². The molecule has 2 aromatic rings. The predicted molar refractivity (Wildman–Crippen MR) is 82.3 cm³/mol. The number of benzene rings is 1. The Kier molecular flexibility index (Phi) is 4.94. The predicted octanol–water partition coefficient (Wildman–Crippen LogP) is 5.13. The third-order valence-corrected chi connectivity index (χ3v) is 4.68. The Balaban J connectivity index is 2.11. The normalized spacial score (nSPS) is 13.3. The van der Waals surface area contributed by atoms with E-state index in [1.807, 2.05) is 13.1 Å². The van der Waals surface area contributed by atoms with E-state index in [1.165, 1.54) is 23.8 Å². The number of rotatable bonds is 6. The molecule has 0 amide bonds. The van der Waals surface area contributed by atoms with E-state index in [9.17, 15) is 4.39 Å². The lowest BCUT2D eigenvalue weighted by Crippen LogP contribution is -2.15. The lowest BCUT2D eigenvalue weighted by Gasteiger charge is -2.14. The summed E-state index contributed by atoms with van der Waals surface area (Å²) in [7, 11) is 2.00. The highest BCUT2D eigenvalue weighted by atomic mass is 32.1. The minimum atomic E-state index is -0.151. The van der Waals surface area contributed by atoms with Gasteiger partial charge in [-0.25, -0.2) is 4.39 Å². The van der Waals surface area contributed by atoms with Gasteiger partial charge in [0.15, 0.2) is 0 Å². The molecule has 0 spiro atoms. The number of thiophene rings is 1. The molecular formula is C16H22FNS. The average Bonchev–Trinajstić information content (AvgIpc) is 2.76. The molecule has 3 heteroatoms. The van der Waals surface area contributed by atoms with Crippen molar-refractivity contribution in [2.45, 2.75) is 39.2 Å². The molecule has 0 radical (unpaired) electrons. The van der Waals surface area contributed by atoms with Gasteiger partial charge < -0.3 is 5.32 Å². The summed E-state index contributed by atoms with van der Waals surface area (Å²) in [4.78, 5) is 1.31. The Hall–Kier alpha value is -0.930. The average molecular weight is 279 g/mol. The maximum atomic E-state index is 13.2. The summed E-state index contributed by atoms with van der Waals surface area (Å²) in [6.07, 6.45) is 3.63. The summed E-state index contributed by atoms with van der Waals surface area (Å²) in [6, 6.07) is 7.61. The fourth-order valence-corrected chi connectivity index (χ4v) is 3.59. The first kappa shape index (κ1) is 14.5.